The Balaban J connectivity index is 2.15. The second kappa shape index (κ2) is 7.23. The third kappa shape index (κ3) is 3.54. The van der Waals surface area contributed by atoms with Gasteiger partial charge in [0.2, 0.25) is 10.0 Å². The van der Waals surface area contributed by atoms with Gasteiger partial charge in [0.25, 0.3) is 0 Å². The van der Waals surface area contributed by atoms with E-state index < -0.39 is 16.0 Å². The summed E-state index contributed by atoms with van der Waals surface area (Å²) in [7, 11) is 0.749. The van der Waals surface area contributed by atoms with Gasteiger partial charge in [-0.2, -0.15) is 0 Å². The highest BCUT2D eigenvalue weighted by Gasteiger charge is 2.28. The van der Waals surface area contributed by atoms with E-state index in [0.29, 0.717) is 25.1 Å². The molecular weight excluding hydrogens is 332 g/mol. The maximum absolute atomic E-state index is 12.8. The summed E-state index contributed by atoms with van der Waals surface area (Å²) in [5.74, 6) is 0.257. The van der Waals surface area contributed by atoms with Crippen molar-refractivity contribution in [2.24, 2.45) is 7.05 Å². The van der Waals surface area contributed by atoms with Gasteiger partial charge in [-0.05, 0) is 31.5 Å². The lowest BCUT2D eigenvalue weighted by Gasteiger charge is -2.16. The first-order valence-corrected chi connectivity index (χ1v) is 8.96. The van der Waals surface area contributed by atoms with E-state index in [1.165, 1.54) is 29.1 Å². The molecule has 132 valence electrons. The lowest BCUT2D eigenvalue weighted by atomic mass is 10.2. The lowest BCUT2D eigenvalue weighted by molar-refractivity contribution is 0.0589. The molecule has 0 N–H and O–H groups in total. The highest BCUT2D eigenvalue weighted by atomic mass is 32.2. The Kier molecular flexibility index (Phi) is 5.51. The molecule has 0 spiro atoms. The zero-order chi connectivity index (χ0) is 17.9. The fourth-order valence-corrected chi connectivity index (χ4v) is 3.93. The standard InChI is InChI=1S/C16H22N2O5S/c1-12-15(11-14(18(12)3)16(19)22-4)24(20,21)17(2)9-5-7-13-8-6-10-23-13/h6,8,10-11H,5,7,9H2,1-4H3. The molecule has 24 heavy (non-hydrogen) atoms. The molecule has 0 aliphatic rings. The third-order valence-corrected chi connectivity index (χ3v) is 6.02. The van der Waals surface area contributed by atoms with Crippen molar-refractivity contribution < 1.29 is 22.4 Å². The Hall–Kier alpha value is -2.06. The highest BCUT2D eigenvalue weighted by molar-refractivity contribution is 7.89. The molecule has 0 atom stereocenters. The van der Waals surface area contributed by atoms with Crippen LogP contribution in [0.25, 0.3) is 0 Å². The molecule has 0 fully saturated rings. The van der Waals surface area contributed by atoms with Gasteiger partial charge in [-0.15, -0.1) is 0 Å². The van der Waals surface area contributed by atoms with E-state index in [9.17, 15) is 13.2 Å². The van der Waals surface area contributed by atoms with Crippen molar-refractivity contribution in [1.82, 2.24) is 8.87 Å². The maximum atomic E-state index is 12.8. The van der Waals surface area contributed by atoms with Crippen molar-refractivity contribution in [2.45, 2.75) is 24.7 Å². The minimum Gasteiger partial charge on any atom is -0.469 e. The summed E-state index contributed by atoms with van der Waals surface area (Å²) in [4.78, 5) is 11.9. The summed E-state index contributed by atoms with van der Waals surface area (Å²) in [5, 5.41) is 0. The number of carbonyl (C=O) groups excluding carboxylic acids is 1. The fourth-order valence-electron chi connectivity index (χ4n) is 2.45. The van der Waals surface area contributed by atoms with Crippen LogP contribution in [-0.4, -0.2) is 44.0 Å². The van der Waals surface area contributed by atoms with E-state index >= 15 is 0 Å². The Labute approximate surface area is 141 Å². The van der Waals surface area contributed by atoms with Crippen LogP contribution in [0.3, 0.4) is 0 Å². The van der Waals surface area contributed by atoms with Crippen LogP contribution in [-0.2, 0) is 28.2 Å². The van der Waals surface area contributed by atoms with Crippen LogP contribution in [0.1, 0.15) is 28.4 Å². The molecule has 8 heteroatoms. The van der Waals surface area contributed by atoms with E-state index in [-0.39, 0.29) is 10.6 Å². The third-order valence-electron chi connectivity index (χ3n) is 4.05. The number of ether oxygens (including phenoxy) is 1. The van der Waals surface area contributed by atoms with Gasteiger partial charge in [-0.3, -0.25) is 0 Å². The minimum absolute atomic E-state index is 0.117. The number of aromatic nitrogens is 1. The average molecular weight is 354 g/mol. The highest BCUT2D eigenvalue weighted by Crippen LogP contribution is 2.23. The summed E-state index contributed by atoms with van der Waals surface area (Å²) in [6, 6.07) is 5.02. The first-order chi connectivity index (χ1) is 11.3. The maximum Gasteiger partial charge on any atom is 0.354 e. The zero-order valence-electron chi connectivity index (χ0n) is 14.3. The molecule has 0 bridgehead atoms. The lowest BCUT2D eigenvalue weighted by Crippen LogP contribution is -2.28. The molecule has 2 aromatic heterocycles. The van der Waals surface area contributed by atoms with E-state index in [1.54, 1.807) is 26.3 Å². The van der Waals surface area contributed by atoms with E-state index in [0.717, 1.165) is 5.76 Å². The van der Waals surface area contributed by atoms with Gasteiger partial charge < -0.3 is 13.7 Å². The molecule has 0 aliphatic carbocycles. The van der Waals surface area contributed by atoms with Gasteiger partial charge in [0.15, 0.2) is 0 Å². The molecule has 0 amide bonds. The topological polar surface area (TPSA) is 81.8 Å². The molecule has 0 saturated carbocycles. The van der Waals surface area contributed by atoms with Crippen LogP contribution < -0.4 is 0 Å². The predicted molar refractivity (Wildman–Crippen MR) is 88.3 cm³/mol. The smallest absolute Gasteiger partial charge is 0.354 e. The van der Waals surface area contributed by atoms with Crippen molar-refractivity contribution in [2.75, 3.05) is 20.7 Å². The molecule has 0 aliphatic heterocycles. The SMILES string of the molecule is COC(=O)c1cc(S(=O)(=O)N(C)CCCc2ccco2)c(C)n1C. The van der Waals surface area contributed by atoms with Gasteiger partial charge in [0.1, 0.15) is 16.3 Å². The van der Waals surface area contributed by atoms with Crippen molar-refractivity contribution in [3.8, 4) is 0 Å². The summed E-state index contributed by atoms with van der Waals surface area (Å²) < 4.78 is 38.3. The van der Waals surface area contributed by atoms with Gasteiger partial charge in [0, 0.05) is 32.8 Å². The number of aryl methyl sites for hydroxylation is 1. The molecule has 2 aromatic rings. The summed E-state index contributed by atoms with van der Waals surface area (Å²) in [6.45, 7) is 2.01. The fraction of sp³-hybridized carbons (Fsp3) is 0.438. The van der Waals surface area contributed by atoms with Gasteiger partial charge >= 0.3 is 5.97 Å². The number of nitrogens with zero attached hydrogens (tertiary/aromatic N) is 2. The predicted octanol–water partition coefficient (Wildman–Crippen LogP) is 1.97. The molecule has 0 radical (unpaired) electrons. The molecule has 2 heterocycles. The number of rotatable bonds is 7. The average Bonchev–Trinajstić information content (AvgIpc) is 3.16. The van der Waals surface area contributed by atoms with Crippen molar-refractivity contribution in [3.63, 3.8) is 0 Å². The van der Waals surface area contributed by atoms with Crippen molar-refractivity contribution in [3.05, 3.63) is 41.6 Å². The Morgan fingerprint density at radius 1 is 1.42 bits per heavy atom. The molecule has 0 aromatic carbocycles. The number of sulfonamides is 1. The Morgan fingerprint density at radius 2 is 2.12 bits per heavy atom. The van der Waals surface area contributed by atoms with Gasteiger partial charge in [0.05, 0.1) is 13.4 Å². The van der Waals surface area contributed by atoms with Crippen LogP contribution in [0.5, 0.6) is 0 Å². The van der Waals surface area contributed by atoms with Crippen molar-refractivity contribution in [1.29, 1.82) is 0 Å². The van der Waals surface area contributed by atoms with Crippen LogP contribution in [0.15, 0.2) is 33.8 Å². The quantitative estimate of drug-likeness (QED) is 0.710. The number of furan rings is 1. The number of methoxy groups -OCH3 is 1. The minimum atomic E-state index is -3.68. The van der Waals surface area contributed by atoms with Gasteiger partial charge in [-0.1, -0.05) is 0 Å². The monoisotopic (exact) mass is 354 g/mol. The number of carbonyl (C=O) groups is 1. The number of esters is 1. The normalized spacial score (nSPS) is 11.9. The van der Waals surface area contributed by atoms with Gasteiger partial charge in [-0.25, -0.2) is 17.5 Å². The number of hydrogen-bond acceptors (Lipinski definition) is 5. The van der Waals surface area contributed by atoms with Crippen LogP contribution in [0.4, 0.5) is 0 Å². The molecule has 2 rings (SSSR count). The molecule has 7 nitrogen and oxygen atoms in total. The Bertz CT molecular complexity index is 806. The van der Waals surface area contributed by atoms with Crippen LogP contribution in [0.2, 0.25) is 0 Å². The molecular formula is C16H22N2O5S. The zero-order valence-corrected chi connectivity index (χ0v) is 15.1. The Morgan fingerprint density at radius 3 is 2.71 bits per heavy atom. The summed E-state index contributed by atoms with van der Waals surface area (Å²) in [5.41, 5.74) is 0.700. The van der Waals surface area contributed by atoms with E-state index in [2.05, 4.69) is 4.74 Å². The second-order valence-electron chi connectivity index (χ2n) is 5.54. The van der Waals surface area contributed by atoms with Crippen LogP contribution in [0, 0.1) is 6.92 Å². The summed E-state index contributed by atoms with van der Waals surface area (Å²) in [6.07, 6.45) is 2.89. The first-order valence-electron chi connectivity index (χ1n) is 7.52. The van der Waals surface area contributed by atoms with Crippen LogP contribution >= 0.6 is 0 Å². The largest absolute Gasteiger partial charge is 0.469 e. The molecule has 0 unspecified atom stereocenters. The molecule has 0 saturated heterocycles. The summed E-state index contributed by atoms with van der Waals surface area (Å²) >= 11 is 0. The first kappa shape index (κ1) is 18.3. The van der Waals surface area contributed by atoms with Crippen molar-refractivity contribution >= 4 is 16.0 Å². The second-order valence-corrected chi connectivity index (χ2v) is 7.55. The van der Waals surface area contributed by atoms with E-state index in [1.807, 2.05) is 6.07 Å². The number of hydrogen-bond donors (Lipinski definition) is 0. The van der Waals surface area contributed by atoms with E-state index in [4.69, 9.17) is 4.42 Å².